The van der Waals surface area contributed by atoms with Gasteiger partial charge in [0.1, 0.15) is 30.1 Å². The second-order valence-corrected chi connectivity index (χ2v) is 5.90. The minimum Gasteiger partial charge on any atom is -0.487 e. The molecule has 0 saturated carbocycles. The normalized spacial score (nSPS) is 11.4. The molecule has 0 N–H and O–H groups in total. The molecule has 0 aliphatic heterocycles. The van der Waals surface area contributed by atoms with E-state index >= 15 is 0 Å². The summed E-state index contributed by atoms with van der Waals surface area (Å²) in [5, 5.41) is 0. The van der Waals surface area contributed by atoms with Gasteiger partial charge in [0.25, 0.3) is 0 Å². The van der Waals surface area contributed by atoms with E-state index in [0.29, 0.717) is 29.2 Å². The predicted octanol–water partition coefficient (Wildman–Crippen LogP) is 4.99. The summed E-state index contributed by atoms with van der Waals surface area (Å²) in [6, 6.07) is 11.7. The Morgan fingerprint density at radius 3 is 2.33 bits per heavy atom. The molecule has 0 bridgehead atoms. The summed E-state index contributed by atoms with van der Waals surface area (Å²) in [5.41, 5.74) is 1.17. The van der Waals surface area contributed by atoms with Gasteiger partial charge in [0, 0.05) is 12.0 Å². The van der Waals surface area contributed by atoms with Gasteiger partial charge in [0.05, 0.1) is 5.56 Å². The Labute approximate surface area is 153 Å². The lowest BCUT2D eigenvalue weighted by atomic mass is 10.1. The number of aryl methyl sites for hydroxylation is 1. The number of halogens is 3. The minimum absolute atomic E-state index is 0.156. The molecule has 140 valence electrons. The van der Waals surface area contributed by atoms with Crippen molar-refractivity contribution in [1.29, 1.82) is 0 Å². The maximum atomic E-state index is 12.6. The van der Waals surface area contributed by atoms with Crippen molar-refractivity contribution in [2.24, 2.45) is 0 Å². The lowest BCUT2D eigenvalue weighted by Crippen LogP contribution is -2.04. The smallest absolute Gasteiger partial charge is 0.416 e. The molecule has 0 aliphatic carbocycles. The predicted molar refractivity (Wildman–Crippen MR) is 92.2 cm³/mol. The van der Waals surface area contributed by atoms with E-state index in [1.165, 1.54) is 12.1 Å². The van der Waals surface area contributed by atoms with Gasteiger partial charge in [-0.25, -0.2) is 4.98 Å². The van der Waals surface area contributed by atoms with Crippen molar-refractivity contribution < 1.29 is 27.1 Å². The Balaban J connectivity index is 1.70. The van der Waals surface area contributed by atoms with Crippen molar-refractivity contribution in [3.63, 3.8) is 0 Å². The van der Waals surface area contributed by atoms with Gasteiger partial charge in [-0.2, -0.15) is 13.2 Å². The van der Waals surface area contributed by atoms with Crippen LogP contribution in [0, 0.1) is 6.92 Å². The highest BCUT2D eigenvalue weighted by Gasteiger charge is 2.30. The van der Waals surface area contributed by atoms with Crippen LogP contribution in [0.5, 0.6) is 5.75 Å². The molecule has 3 aromatic rings. The lowest BCUT2D eigenvalue weighted by molar-refractivity contribution is -0.137. The summed E-state index contributed by atoms with van der Waals surface area (Å²) >= 11 is 0. The Hall–Kier alpha value is -3.09. The second kappa shape index (κ2) is 7.65. The van der Waals surface area contributed by atoms with Crippen LogP contribution in [0.15, 0.2) is 52.9 Å². The SMILES string of the molecule is Cc1oc(-c2ccc(C(F)(F)F)cc2)nc1COc1ccc(CC=O)cc1. The fourth-order valence-corrected chi connectivity index (χ4v) is 2.46. The Morgan fingerprint density at radius 1 is 1.07 bits per heavy atom. The molecule has 0 radical (unpaired) electrons. The fourth-order valence-electron chi connectivity index (χ4n) is 2.46. The average molecular weight is 375 g/mol. The van der Waals surface area contributed by atoms with Crippen LogP contribution < -0.4 is 4.74 Å². The van der Waals surface area contributed by atoms with Crippen molar-refractivity contribution >= 4 is 6.29 Å². The van der Waals surface area contributed by atoms with Crippen LogP contribution in [-0.4, -0.2) is 11.3 Å². The highest BCUT2D eigenvalue weighted by Crippen LogP contribution is 2.31. The van der Waals surface area contributed by atoms with Crippen LogP contribution in [0.2, 0.25) is 0 Å². The summed E-state index contributed by atoms with van der Waals surface area (Å²) in [4.78, 5) is 14.8. The topological polar surface area (TPSA) is 52.3 Å². The second-order valence-electron chi connectivity index (χ2n) is 5.90. The number of nitrogens with zero attached hydrogens (tertiary/aromatic N) is 1. The van der Waals surface area contributed by atoms with E-state index < -0.39 is 11.7 Å². The zero-order chi connectivity index (χ0) is 19.4. The van der Waals surface area contributed by atoms with Crippen LogP contribution >= 0.6 is 0 Å². The highest BCUT2D eigenvalue weighted by molar-refractivity contribution is 5.55. The number of alkyl halides is 3. The minimum atomic E-state index is -4.38. The van der Waals surface area contributed by atoms with E-state index in [-0.39, 0.29) is 12.5 Å². The standard InChI is InChI=1S/C20H16F3NO3/c1-13-18(12-26-17-8-2-14(3-9-17)10-11-25)24-19(27-13)15-4-6-16(7-5-15)20(21,22)23/h2-9,11H,10,12H2,1H3. The van der Waals surface area contributed by atoms with Crippen molar-refractivity contribution in [2.75, 3.05) is 0 Å². The third-order valence-corrected chi connectivity index (χ3v) is 3.97. The molecule has 0 saturated heterocycles. The Bertz CT molecular complexity index is 913. The number of carbonyl (C=O) groups excluding carboxylic acids is 1. The molecule has 0 atom stereocenters. The van der Waals surface area contributed by atoms with Crippen molar-refractivity contribution in [2.45, 2.75) is 26.1 Å². The average Bonchev–Trinajstić information content (AvgIpc) is 3.02. The molecule has 0 fully saturated rings. The molecule has 0 unspecified atom stereocenters. The Kier molecular flexibility index (Phi) is 5.30. The summed E-state index contributed by atoms with van der Waals surface area (Å²) in [6.45, 7) is 1.87. The Morgan fingerprint density at radius 2 is 1.74 bits per heavy atom. The number of rotatable bonds is 6. The monoisotopic (exact) mass is 375 g/mol. The number of hydrogen-bond acceptors (Lipinski definition) is 4. The number of carbonyl (C=O) groups is 1. The van der Waals surface area contributed by atoms with Gasteiger partial charge >= 0.3 is 6.18 Å². The maximum absolute atomic E-state index is 12.6. The first-order chi connectivity index (χ1) is 12.9. The molecule has 2 aromatic carbocycles. The molecule has 27 heavy (non-hydrogen) atoms. The van der Waals surface area contributed by atoms with E-state index in [9.17, 15) is 18.0 Å². The molecule has 1 aromatic heterocycles. The summed E-state index contributed by atoms with van der Waals surface area (Å²) in [6.07, 6.45) is -3.21. The van der Waals surface area contributed by atoms with Crippen molar-refractivity contribution in [3.8, 4) is 17.2 Å². The number of oxazole rings is 1. The molecule has 0 amide bonds. The van der Waals surface area contributed by atoms with E-state index in [1.54, 1.807) is 31.2 Å². The maximum Gasteiger partial charge on any atom is 0.416 e. The lowest BCUT2D eigenvalue weighted by Gasteiger charge is -2.06. The van der Waals surface area contributed by atoms with Crippen molar-refractivity contribution in [3.05, 3.63) is 71.1 Å². The van der Waals surface area contributed by atoms with Gasteiger partial charge in [-0.3, -0.25) is 0 Å². The largest absolute Gasteiger partial charge is 0.487 e. The van der Waals surface area contributed by atoms with Crippen LogP contribution in [-0.2, 0) is 24.0 Å². The quantitative estimate of drug-likeness (QED) is 0.570. The highest BCUT2D eigenvalue weighted by atomic mass is 19.4. The molecule has 0 aliphatic rings. The molecular weight excluding hydrogens is 359 g/mol. The van der Waals surface area contributed by atoms with Gasteiger partial charge in [-0.05, 0) is 48.9 Å². The van der Waals surface area contributed by atoms with Gasteiger partial charge < -0.3 is 13.9 Å². The molecular formula is C20H16F3NO3. The van der Waals surface area contributed by atoms with Crippen molar-refractivity contribution in [1.82, 2.24) is 4.98 Å². The molecule has 0 spiro atoms. The van der Waals surface area contributed by atoms with Gasteiger partial charge in [-0.15, -0.1) is 0 Å². The van der Waals surface area contributed by atoms with E-state index in [1.807, 2.05) is 0 Å². The van der Waals surface area contributed by atoms with E-state index in [4.69, 9.17) is 9.15 Å². The molecule has 7 heteroatoms. The zero-order valence-corrected chi connectivity index (χ0v) is 14.4. The number of aldehydes is 1. The first-order valence-corrected chi connectivity index (χ1v) is 8.16. The number of hydrogen-bond donors (Lipinski definition) is 0. The van der Waals surface area contributed by atoms with Gasteiger partial charge in [-0.1, -0.05) is 12.1 Å². The number of ether oxygens (including phenoxy) is 1. The summed E-state index contributed by atoms with van der Waals surface area (Å²) < 4.78 is 49.2. The van der Waals surface area contributed by atoms with Gasteiger partial charge in [0.2, 0.25) is 5.89 Å². The van der Waals surface area contributed by atoms with E-state index in [0.717, 1.165) is 24.0 Å². The summed E-state index contributed by atoms with van der Waals surface area (Å²) in [5.74, 6) is 1.38. The first-order valence-electron chi connectivity index (χ1n) is 8.16. The van der Waals surface area contributed by atoms with Crippen LogP contribution in [0.3, 0.4) is 0 Å². The van der Waals surface area contributed by atoms with E-state index in [2.05, 4.69) is 4.98 Å². The molecule has 4 nitrogen and oxygen atoms in total. The van der Waals surface area contributed by atoms with Crippen LogP contribution in [0.4, 0.5) is 13.2 Å². The fraction of sp³-hybridized carbons (Fsp3) is 0.200. The van der Waals surface area contributed by atoms with Gasteiger partial charge in [0.15, 0.2) is 0 Å². The zero-order valence-electron chi connectivity index (χ0n) is 14.4. The third kappa shape index (κ3) is 4.55. The number of aromatic nitrogens is 1. The molecule has 1 heterocycles. The number of benzene rings is 2. The van der Waals surface area contributed by atoms with Crippen LogP contribution in [0.25, 0.3) is 11.5 Å². The first kappa shape index (κ1) is 18.7. The van der Waals surface area contributed by atoms with Crippen LogP contribution in [0.1, 0.15) is 22.6 Å². The molecule has 3 rings (SSSR count). The summed E-state index contributed by atoms with van der Waals surface area (Å²) in [7, 11) is 0. The third-order valence-electron chi connectivity index (χ3n) is 3.97.